The van der Waals surface area contributed by atoms with Crippen LogP contribution in [0.2, 0.25) is 0 Å². The molecule has 4 rings (SSSR count). The molecule has 158 valence electrons. The first kappa shape index (κ1) is 20.3. The molecule has 1 aliphatic heterocycles. The number of hydrogen-bond donors (Lipinski definition) is 0. The SMILES string of the molecule is Cc1noc(C)c1Cc1ccc(C(=O)N(Cc2cccnc2)C2CCN(C)CC2)o1. The molecule has 0 spiro atoms. The molecule has 0 aromatic carbocycles. The molecule has 1 fully saturated rings. The van der Waals surface area contributed by atoms with Gasteiger partial charge in [-0.3, -0.25) is 9.78 Å². The van der Waals surface area contributed by atoms with E-state index in [0.29, 0.717) is 18.7 Å². The van der Waals surface area contributed by atoms with E-state index in [9.17, 15) is 4.79 Å². The lowest BCUT2D eigenvalue weighted by molar-refractivity contribution is 0.0536. The Morgan fingerprint density at radius 2 is 2.03 bits per heavy atom. The van der Waals surface area contributed by atoms with Gasteiger partial charge in [0.2, 0.25) is 0 Å². The van der Waals surface area contributed by atoms with Crippen LogP contribution in [0.1, 0.15) is 51.7 Å². The summed E-state index contributed by atoms with van der Waals surface area (Å²) in [6.45, 7) is 6.30. The van der Waals surface area contributed by atoms with Gasteiger partial charge in [0.1, 0.15) is 11.5 Å². The molecule has 4 heterocycles. The van der Waals surface area contributed by atoms with Gasteiger partial charge >= 0.3 is 0 Å². The standard InChI is InChI=1S/C23H28N4O3/c1-16-21(17(2)30-25-16)13-20-6-7-22(29-20)23(28)27(15-18-5-4-10-24-14-18)19-8-11-26(3)12-9-19/h4-7,10,14,19H,8-9,11-13,15H2,1-3H3. The van der Waals surface area contributed by atoms with Crippen molar-refractivity contribution in [1.82, 2.24) is 19.9 Å². The van der Waals surface area contributed by atoms with E-state index >= 15 is 0 Å². The van der Waals surface area contributed by atoms with Crippen molar-refractivity contribution >= 4 is 5.91 Å². The minimum atomic E-state index is -0.0709. The summed E-state index contributed by atoms with van der Waals surface area (Å²) in [5.74, 6) is 1.82. The number of rotatable bonds is 6. The van der Waals surface area contributed by atoms with Crippen molar-refractivity contribution in [2.45, 2.75) is 45.7 Å². The van der Waals surface area contributed by atoms with Crippen LogP contribution in [-0.4, -0.2) is 52.0 Å². The first-order chi connectivity index (χ1) is 14.5. The molecule has 3 aromatic rings. The first-order valence-electron chi connectivity index (χ1n) is 10.4. The van der Waals surface area contributed by atoms with Crippen LogP contribution in [-0.2, 0) is 13.0 Å². The van der Waals surface area contributed by atoms with Gasteiger partial charge in [-0.2, -0.15) is 0 Å². The van der Waals surface area contributed by atoms with Crippen molar-refractivity contribution in [2.24, 2.45) is 0 Å². The normalized spacial score (nSPS) is 15.4. The zero-order valence-corrected chi connectivity index (χ0v) is 17.8. The number of carbonyl (C=O) groups is 1. The maximum Gasteiger partial charge on any atom is 0.290 e. The second-order valence-electron chi connectivity index (χ2n) is 8.07. The van der Waals surface area contributed by atoms with E-state index in [1.54, 1.807) is 12.3 Å². The molecule has 1 aliphatic rings. The van der Waals surface area contributed by atoms with Crippen LogP contribution in [0.4, 0.5) is 0 Å². The summed E-state index contributed by atoms with van der Waals surface area (Å²) in [6.07, 6.45) is 6.04. The van der Waals surface area contributed by atoms with Crippen molar-refractivity contribution < 1.29 is 13.7 Å². The summed E-state index contributed by atoms with van der Waals surface area (Å²) in [4.78, 5) is 21.9. The topological polar surface area (TPSA) is 75.6 Å². The molecule has 7 nitrogen and oxygen atoms in total. The van der Waals surface area contributed by atoms with Crippen molar-refractivity contribution in [3.63, 3.8) is 0 Å². The van der Waals surface area contributed by atoms with Gasteiger partial charge in [0, 0.05) is 37.0 Å². The average molecular weight is 409 g/mol. The maximum absolute atomic E-state index is 13.4. The van der Waals surface area contributed by atoms with E-state index in [0.717, 1.165) is 54.3 Å². The smallest absolute Gasteiger partial charge is 0.290 e. The Bertz CT molecular complexity index is 968. The molecule has 0 saturated carbocycles. The third-order valence-electron chi connectivity index (χ3n) is 5.87. The minimum Gasteiger partial charge on any atom is -0.456 e. The third-order valence-corrected chi connectivity index (χ3v) is 5.87. The van der Waals surface area contributed by atoms with Crippen molar-refractivity contribution in [3.8, 4) is 0 Å². The summed E-state index contributed by atoms with van der Waals surface area (Å²) in [6, 6.07) is 7.75. The monoisotopic (exact) mass is 408 g/mol. The molecule has 1 saturated heterocycles. The Hall–Kier alpha value is -2.93. The fourth-order valence-corrected chi connectivity index (χ4v) is 4.02. The molecule has 0 N–H and O–H groups in total. The number of piperidine rings is 1. The minimum absolute atomic E-state index is 0.0709. The molecule has 0 radical (unpaired) electrons. The Labute approximate surface area is 176 Å². The Kier molecular flexibility index (Phi) is 5.99. The lowest BCUT2D eigenvalue weighted by atomic mass is 10.0. The number of likely N-dealkylation sites (tertiary alicyclic amines) is 1. The van der Waals surface area contributed by atoms with Crippen LogP contribution >= 0.6 is 0 Å². The molecule has 0 atom stereocenters. The molecular weight excluding hydrogens is 380 g/mol. The number of hydrogen-bond acceptors (Lipinski definition) is 6. The number of carbonyl (C=O) groups excluding carboxylic acids is 1. The van der Waals surface area contributed by atoms with E-state index in [1.807, 2.05) is 43.1 Å². The number of aryl methyl sites for hydroxylation is 2. The highest BCUT2D eigenvalue weighted by Crippen LogP contribution is 2.24. The van der Waals surface area contributed by atoms with Crippen LogP contribution in [0, 0.1) is 13.8 Å². The van der Waals surface area contributed by atoms with Crippen molar-refractivity contribution in [2.75, 3.05) is 20.1 Å². The number of pyridine rings is 1. The molecular formula is C23H28N4O3. The van der Waals surface area contributed by atoms with Crippen molar-refractivity contribution in [3.05, 3.63) is 70.8 Å². The van der Waals surface area contributed by atoms with Gasteiger partial charge in [0.05, 0.1) is 5.69 Å². The molecule has 0 unspecified atom stereocenters. The zero-order valence-electron chi connectivity index (χ0n) is 17.8. The van der Waals surface area contributed by atoms with Gasteiger partial charge in [-0.25, -0.2) is 0 Å². The lowest BCUT2D eigenvalue weighted by Gasteiger charge is -2.37. The highest BCUT2D eigenvalue weighted by Gasteiger charge is 2.29. The van der Waals surface area contributed by atoms with E-state index in [1.165, 1.54) is 0 Å². The van der Waals surface area contributed by atoms with E-state index in [-0.39, 0.29) is 11.9 Å². The van der Waals surface area contributed by atoms with Gasteiger partial charge in [0.25, 0.3) is 5.91 Å². The molecule has 30 heavy (non-hydrogen) atoms. The maximum atomic E-state index is 13.4. The van der Waals surface area contributed by atoms with Gasteiger partial charge in [-0.1, -0.05) is 11.2 Å². The largest absolute Gasteiger partial charge is 0.456 e. The number of furan rings is 1. The van der Waals surface area contributed by atoms with Gasteiger partial charge < -0.3 is 18.7 Å². The summed E-state index contributed by atoms with van der Waals surface area (Å²) in [5, 5.41) is 3.99. The lowest BCUT2D eigenvalue weighted by Crippen LogP contribution is -2.46. The van der Waals surface area contributed by atoms with Crippen molar-refractivity contribution in [1.29, 1.82) is 0 Å². The van der Waals surface area contributed by atoms with Crippen LogP contribution in [0.5, 0.6) is 0 Å². The molecule has 7 heteroatoms. The predicted octanol–water partition coefficient (Wildman–Crippen LogP) is 3.61. The highest BCUT2D eigenvalue weighted by molar-refractivity contribution is 5.91. The molecule has 1 amide bonds. The van der Waals surface area contributed by atoms with E-state index in [4.69, 9.17) is 8.94 Å². The second-order valence-corrected chi connectivity index (χ2v) is 8.07. The second kappa shape index (κ2) is 8.83. The van der Waals surface area contributed by atoms with Crippen LogP contribution in [0.3, 0.4) is 0 Å². The fourth-order valence-electron chi connectivity index (χ4n) is 4.02. The fraction of sp³-hybridized carbons (Fsp3) is 0.435. The third kappa shape index (κ3) is 4.46. The van der Waals surface area contributed by atoms with Crippen LogP contribution in [0.25, 0.3) is 0 Å². The van der Waals surface area contributed by atoms with E-state index < -0.39 is 0 Å². The summed E-state index contributed by atoms with van der Waals surface area (Å²) < 4.78 is 11.2. The summed E-state index contributed by atoms with van der Waals surface area (Å²) in [7, 11) is 2.12. The number of amides is 1. The van der Waals surface area contributed by atoms with Crippen LogP contribution < -0.4 is 0 Å². The number of nitrogens with zero attached hydrogens (tertiary/aromatic N) is 4. The zero-order chi connectivity index (χ0) is 21.1. The molecule has 3 aromatic heterocycles. The molecule has 0 bridgehead atoms. The van der Waals surface area contributed by atoms with E-state index in [2.05, 4.69) is 22.1 Å². The Morgan fingerprint density at radius 1 is 1.23 bits per heavy atom. The predicted molar refractivity (Wildman–Crippen MR) is 112 cm³/mol. The summed E-state index contributed by atoms with van der Waals surface area (Å²) >= 11 is 0. The Morgan fingerprint density at radius 3 is 2.70 bits per heavy atom. The first-order valence-corrected chi connectivity index (χ1v) is 10.4. The average Bonchev–Trinajstić information content (AvgIpc) is 3.35. The number of aromatic nitrogens is 2. The van der Waals surface area contributed by atoms with Crippen LogP contribution in [0.15, 0.2) is 45.6 Å². The summed E-state index contributed by atoms with van der Waals surface area (Å²) in [5.41, 5.74) is 2.87. The molecule has 0 aliphatic carbocycles. The Balaban J connectivity index is 1.54. The van der Waals surface area contributed by atoms with Gasteiger partial charge in [0.15, 0.2) is 5.76 Å². The van der Waals surface area contributed by atoms with Gasteiger partial charge in [-0.15, -0.1) is 0 Å². The van der Waals surface area contributed by atoms with Gasteiger partial charge in [-0.05, 0) is 70.6 Å². The quantitative estimate of drug-likeness (QED) is 0.620. The highest BCUT2D eigenvalue weighted by atomic mass is 16.5.